The molecule has 316 valence electrons. The molecule has 0 unspecified atom stereocenters. The van der Waals surface area contributed by atoms with Crippen LogP contribution in [0.15, 0.2) is 169 Å². The van der Waals surface area contributed by atoms with Gasteiger partial charge in [0.25, 0.3) is 0 Å². The Hall–Kier alpha value is -8.63. The normalized spacial score (nSPS) is 12.6. The van der Waals surface area contributed by atoms with Crippen LogP contribution in [0.2, 0.25) is 0 Å². The second kappa shape index (κ2) is 14.7. The van der Waals surface area contributed by atoms with Crippen LogP contribution in [0.5, 0.6) is 46.0 Å². The van der Waals surface area contributed by atoms with Crippen LogP contribution in [0, 0.1) is 0 Å². The summed E-state index contributed by atoms with van der Waals surface area (Å²) in [5.41, 5.74) is 7.16. The van der Waals surface area contributed by atoms with Crippen LogP contribution in [0.1, 0.15) is 0 Å². The lowest BCUT2D eigenvalue weighted by molar-refractivity contribution is 0.410. The maximum absolute atomic E-state index is 16.0. The summed E-state index contributed by atoms with van der Waals surface area (Å²) in [4.78, 5) is 20.2. The lowest BCUT2D eigenvalue weighted by atomic mass is 10.0. The SMILES string of the molecule is COc1ccc2c(c1)N(c1ccc(N3c4cc(OC)ccc4Oc4ccc(OC)cc43)c3c(=O)c4ccc(-n5c6ccccc6c6ccccc65)cc4ccc13)c1cc(OC)ccc1O2. The number of benzene rings is 8. The van der Waals surface area contributed by atoms with Crippen molar-refractivity contribution in [1.82, 2.24) is 4.57 Å². The largest absolute Gasteiger partial charge is 0.497 e. The Morgan fingerprint density at radius 2 is 0.815 bits per heavy atom. The van der Waals surface area contributed by atoms with Crippen molar-refractivity contribution in [2.45, 2.75) is 0 Å². The number of methoxy groups -OCH3 is 4. The molecule has 0 N–H and O–H groups in total. The Labute approximate surface area is 373 Å². The number of aromatic nitrogens is 1. The Bertz CT molecular complexity index is 3520. The highest BCUT2D eigenvalue weighted by Crippen LogP contribution is 2.57. The topological polar surface area (TPSA) is 83.9 Å². The van der Waals surface area contributed by atoms with Gasteiger partial charge in [-0.3, -0.25) is 4.79 Å². The summed E-state index contributed by atoms with van der Waals surface area (Å²) in [6.45, 7) is 0. The van der Waals surface area contributed by atoms with E-state index in [1.165, 1.54) is 0 Å². The van der Waals surface area contributed by atoms with Gasteiger partial charge in [0.1, 0.15) is 23.0 Å². The fraction of sp³-hybridized carbons (Fsp3) is 0.0727. The fourth-order valence-electron chi connectivity index (χ4n) is 9.48. The predicted molar refractivity (Wildman–Crippen MR) is 258 cm³/mol. The molecule has 2 aliphatic heterocycles. The van der Waals surface area contributed by atoms with Crippen molar-refractivity contribution in [3.8, 4) is 51.7 Å². The average Bonchev–Trinajstić information content (AvgIpc) is 3.61. The van der Waals surface area contributed by atoms with Crippen molar-refractivity contribution >= 4 is 77.5 Å². The number of para-hydroxylation sites is 2. The van der Waals surface area contributed by atoms with E-state index in [0.29, 0.717) is 79.2 Å². The number of nitrogens with zero attached hydrogens (tertiary/aromatic N) is 3. The molecule has 0 radical (unpaired) electrons. The van der Waals surface area contributed by atoms with E-state index in [0.717, 1.165) is 49.9 Å². The van der Waals surface area contributed by atoms with Gasteiger partial charge < -0.3 is 42.8 Å². The number of rotatable bonds is 7. The molecule has 3 heterocycles. The van der Waals surface area contributed by atoms with Gasteiger partial charge in [-0.15, -0.1) is 0 Å². The van der Waals surface area contributed by atoms with Crippen LogP contribution >= 0.6 is 0 Å². The van der Waals surface area contributed by atoms with Crippen LogP contribution < -0.4 is 43.6 Å². The molecule has 9 aromatic carbocycles. The van der Waals surface area contributed by atoms with Gasteiger partial charge in [0, 0.05) is 51.5 Å². The Kier molecular flexibility index (Phi) is 8.64. The van der Waals surface area contributed by atoms with Gasteiger partial charge in [-0.05, 0) is 96.4 Å². The highest BCUT2D eigenvalue weighted by molar-refractivity contribution is 6.12. The highest BCUT2D eigenvalue weighted by Gasteiger charge is 2.33. The van der Waals surface area contributed by atoms with Gasteiger partial charge in [0.2, 0.25) is 0 Å². The van der Waals surface area contributed by atoms with E-state index < -0.39 is 0 Å². The van der Waals surface area contributed by atoms with Gasteiger partial charge in [-0.1, -0.05) is 48.5 Å². The minimum absolute atomic E-state index is 0.156. The van der Waals surface area contributed by atoms with E-state index in [-0.39, 0.29) is 5.43 Å². The maximum Gasteiger partial charge on any atom is 0.196 e. The standard InChI is InChI=1S/C55H39N3O7/c1-60-34-15-23-50-46(28-34)57(47-29-35(61-2)16-24-51(47)64-50)44-21-22-45(58-48-30-36(62-3)17-25-52(48)65-53-26-18-37(63-4)31-49(53)58)54-41(44)19-13-32-27-33(14-20-38(32)55(54)59)56-42-11-7-5-9-39(42)40-10-6-8-12-43(40)56/h5-31H,1-4H3. The molecule has 0 bridgehead atoms. The monoisotopic (exact) mass is 853 g/mol. The summed E-state index contributed by atoms with van der Waals surface area (Å²) in [5.74, 6) is 5.00. The second-order valence-electron chi connectivity index (χ2n) is 15.9. The summed E-state index contributed by atoms with van der Waals surface area (Å²) in [6, 6.07) is 53.9. The first-order chi connectivity index (χ1) is 31.9. The molecule has 10 aromatic rings. The molecule has 2 aliphatic rings. The number of ether oxygens (including phenoxy) is 6. The molecule has 1 aromatic heterocycles. The Morgan fingerprint density at radius 3 is 1.29 bits per heavy atom. The van der Waals surface area contributed by atoms with Gasteiger partial charge in [0.05, 0.1) is 79.0 Å². The third-order valence-electron chi connectivity index (χ3n) is 12.5. The predicted octanol–water partition coefficient (Wildman–Crippen LogP) is 13.6. The Balaban J connectivity index is 1.19. The van der Waals surface area contributed by atoms with Gasteiger partial charge in [0.15, 0.2) is 28.4 Å². The number of fused-ring (bicyclic) bond motifs is 9. The number of anilines is 6. The molecule has 0 atom stereocenters. The van der Waals surface area contributed by atoms with Crippen LogP contribution in [0.4, 0.5) is 34.1 Å². The van der Waals surface area contributed by atoms with Gasteiger partial charge in [-0.25, -0.2) is 0 Å². The zero-order chi connectivity index (χ0) is 43.9. The molecule has 0 aliphatic carbocycles. The maximum atomic E-state index is 16.0. The third kappa shape index (κ3) is 5.84. The lowest BCUT2D eigenvalue weighted by Gasteiger charge is -2.36. The van der Waals surface area contributed by atoms with E-state index in [1.54, 1.807) is 28.4 Å². The molecule has 65 heavy (non-hydrogen) atoms. The third-order valence-corrected chi connectivity index (χ3v) is 12.5. The summed E-state index contributed by atoms with van der Waals surface area (Å²) < 4.78 is 38.4. The van der Waals surface area contributed by atoms with Crippen LogP contribution in [0.3, 0.4) is 0 Å². The molecule has 12 rings (SSSR count). The first kappa shape index (κ1) is 38.1. The van der Waals surface area contributed by atoms with E-state index in [1.807, 2.05) is 91.0 Å². The fourth-order valence-corrected chi connectivity index (χ4v) is 9.48. The minimum Gasteiger partial charge on any atom is -0.497 e. The van der Waals surface area contributed by atoms with E-state index in [9.17, 15) is 0 Å². The first-order valence-electron chi connectivity index (χ1n) is 21.1. The summed E-state index contributed by atoms with van der Waals surface area (Å²) in [7, 11) is 6.55. The van der Waals surface area contributed by atoms with Gasteiger partial charge >= 0.3 is 0 Å². The van der Waals surface area contributed by atoms with Gasteiger partial charge in [-0.2, -0.15) is 0 Å². The molecule has 0 saturated carbocycles. The van der Waals surface area contributed by atoms with Crippen LogP contribution in [-0.4, -0.2) is 33.0 Å². The van der Waals surface area contributed by atoms with Crippen molar-refractivity contribution in [3.63, 3.8) is 0 Å². The molecule has 0 spiro atoms. The van der Waals surface area contributed by atoms with E-state index in [2.05, 4.69) is 87.2 Å². The average molecular weight is 854 g/mol. The van der Waals surface area contributed by atoms with Crippen molar-refractivity contribution in [1.29, 1.82) is 0 Å². The molecule has 0 saturated heterocycles. The summed E-state index contributed by atoms with van der Waals surface area (Å²) in [5, 5.41) is 4.81. The quantitative estimate of drug-likeness (QED) is 0.156. The first-order valence-corrected chi connectivity index (χ1v) is 21.1. The lowest BCUT2D eigenvalue weighted by Crippen LogP contribution is -2.20. The smallest absolute Gasteiger partial charge is 0.196 e. The molecule has 10 heteroatoms. The Morgan fingerprint density at radius 1 is 0.385 bits per heavy atom. The van der Waals surface area contributed by atoms with Crippen LogP contribution in [0.25, 0.3) is 49.0 Å². The minimum atomic E-state index is -0.156. The van der Waals surface area contributed by atoms with Crippen molar-refractivity contribution in [3.05, 3.63) is 174 Å². The molecule has 10 nitrogen and oxygen atoms in total. The van der Waals surface area contributed by atoms with E-state index in [4.69, 9.17) is 28.4 Å². The zero-order valence-electron chi connectivity index (χ0n) is 35.8. The van der Waals surface area contributed by atoms with Crippen molar-refractivity contribution in [2.24, 2.45) is 0 Å². The zero-order valence-corrected chi connectivity index (χ0v) is 35.8. The molecule has 0 fully saturated rings. The van der Waals surface area contributed by atoms with Crippen LogP contribution in [-0.2, 0) is 0 Å². The summed E-state index contributed by atoms with van der Waals surface area (Å²) >= 11 is 0. The van der Waals surface area contributed by atoms with Crippen molar-refractivity contribution in [2.75, 3.05) is 38.2 Å². The molecular weight excluding hydrogens is 815 g/mol. The van der Waals surface area contributed by atoms with Crippen molar-refractivity contribution < 1.29 is 28.4 Å². The molecular formula is C55H39N3O7. The molecule has 0 amide bonds. The number of hydrogen-bond donors (Lipinski definition) is 0. The highest BCUT2D eigenvalue weighted by atomic mass is 16.5. The second-order valence-corrected chi connectivity index (χ2v) is 15.9. The number of hydrogen-bond acceptors (Lipinski definition) is 9. The van der Waals surface area contributed by atoms with E-state index >= 15 is 4.79 Å². The summed E-state index contributed by atoms with van der Waals surface area (Å²) in [6.07, 6.45) is 0.